The summed E-state index contributed by atoms with van der Waals surface area (Å²) < 4.78 is 0. The number of Topliss-reactive ketones (excluding diaryl/α,β-unsaturated/α-hetero) is 1. The van der Waals surface area contributed by atoms with Crippen molar-refractivity contribution in [3.05, 3.63) is 71.3 Å². The molecule has 0 spiro atoms. The number of ketones is 1. The van der Waals surface area contributed by atoms with Gasteiger partial charge in [0.15, 0.2) is 5.78 Å². The molecule has 0 aliphatic rings. The minimum atomic E-state index is -0.497. The van der Waals surface area contributed by atoms with E-state index in [2.05, 4.69) is 12.2 Å². The molecule has 0 fully saturated rings. The van der Waals surface area contributed by atoms with Gasteiger partial charge >= 0.3 is 0 Å². The Morgan fingerprint density at radius 2 is 1.73 bits per heavy atom. The molecule has 0 aliphatic heterocycles. The van der Waals surface area contributed by atoms with Crippen LogP contribution in [0, 0.1) is 0 Å². The van der Waals surface area contributed by atoms with Gasteiger partial charge in [-0.1, -0.05) is 54.6 Å². The van der Waals surface area contributed by atoms with Crippen molar-refractivity contribution in [2.24, 2.45) is 0 Å². The molecule has 2 aromatic rings. The number of aliphatic hydroxyl groups excluding tert-OH is 1. The fourth-order valence-electron chi connectivity index (χ4n) is 2.41. The second kappa shape index (κ2) is 7.87. The molecule has 22 heavy (non-hydrogen) atoms. The van der Waals surface area contributed by atoms with E-state index in [1.807, 2.05) is 54.6 Å². The maximum atomic E-state index is 11.3. The number of benzene rings is 2. The predicted molar refractivity (Wildman–Crippen MR) is 89.0 cm³/mol. The summed E-state index contributed by atoms with van der Waals surface area (Å²) in [6, 6.07) is 17.6. The Kier molecular flexibility index (Phi) is 5.87. The molecule has 0 radical (unpaired) electrons. The molecule has 2 N–H and O–H groups in total. The second-order valence-electron chi connectivity index (χ2n) is 5.69. The number of hydrogen-bond acceptors (Lipinski definition) is 3. The van der Waals surface area contributed by atoms with Crippen LogP contribution in [0.1, 0.15) is 41.4 Å². The van der Waals surface area contributed by atoms with Crippen molar-refractivity contribution in [3.8, 4) is 0 Å². The summed E-state index contributed by atoms with van der Waals surface area (Å²) in [6.07, 6.45) is 0.364. The molecule has 0 amide bonds. The fraction of sp³-hybridized carbons (Fsp3) is 0.316. The SMILES string of the molecule is CC(=O)c1ccc(CC(C)NCC(O)c2ccccc2)cc1. The van der Waals surface area contributed by atoms with E-state index in [9.17, 15) is 9.90 Å². The molecule has 2 rings (SSSR count). The molecule has 0 aromatic heterocycles. The number of aliphatic hydroxyl groups is 1. The van der Waals surface area contributed by atoms with Gasteiger partial charge in [0.05, 0.1) is 6.10 Å². The van der Waals surface area contributed by atoms with Crippen LogP contribution in [-0.4, -0.2) is 23.5 Å². The van der Waals surface area contributed by atoms with Crippen molar-refractivity contribution in [2.75, 3.05) is 6.54 Å². The van der Waals surface area contributed by atoms with Gasteiger partial charge in [0.25, 0.3) is 0 Å². The summed E-state index contributed by atoms with van der Waals surface area (Å²) in [4.78, 5) is 11.3. The van der Waals surface area contributed by atoms with E-state index in [1.165, 1.54) is 5.56 Å². The van der Waals surface area contributed by atoms with Gasteiger partial charge in [-0.25, -0.2) is 0 Å². The molecule has 2 unspecified atom stereocenters. The summed E-state index contributed by atoms with van der Waals surface area (Å²) in [6.45, 7) is 4.19. The van der Waals surface area contributed by atoms with Gasteiger partial charge in [-0.05, 0) is 31.4 Å². The average molecular weight is 297 g/mol. The molecule has 2 atom stereocenters. The maximum Gasteiger partial charge on any atom is 0.159 e. The number of carbonyl (C=O) groups is 1. The molecule has 0 saturated carbocycles. The number of rotatable bonds is 7. The van der Waals surface area contributed by atoms with Gasteiger partial charge in [0.1, 0.15) is 0 Å². The van der Waals surface area contributed by atoms with E-state index in [4.69, 9.17) is 0 Å². The zero-order chi connectivity index (χ0) is 15.9. The normalized spacial score (nSPS) is 13.6. The first-order valence-corrected chi connectivity index (χ1v) is 7.62. The quantitative estimate of drug-likeness (QED) is 0.772. The largest absolute Gasteiger partial charge is 0.387 e. The monoisotopic (exact) mass is 297 g/mol. The first-order chi connectivity index (χ1) is 10.6. The Morgan fingerprint density at radius 1 is 1.09 bits per heavy atom. The smallest absolute Gasteiger partial charge is 0.159 e. The van der Waals surface area contributed by atoms with E-state index in [1.54, 1.807) is 6.92 Å². The Balaban J connectivity index is 1.82. The zero-order valence-corrected chi connectivity index (χ0v) is 13.1. The summed E-state index contributed by atoms with van der Waals surface area (Å²) in [7, 11) is 0. The average Bonchev–Trinajstić information content (AvgIpc) is 2.54. The molecule has 0 aliphatic carbocycles. The number of nitrogens with one attached hydrogen (secondary N) is 1. The Hall–Kier alpha value is -1.97. The lowest BCUT2D eigenvalue weighted by Gasteiger charge is -2.17. The van der Waals surface area contributed by atoms with Gasteiger partial charge in [-0.3, -0.25) is 4.79 Å². The summed E-state index contributed by atoms with van der Waals surface area (Å²) in [5.74, 6) is 0.0868. The van der Waals surface area contributed by atoms with Gasteiger partial charge < -0.3 is 10.4 Å². The van der Waals surface area contributed by atoms with Crippen molar-refractivity contribution in [2.45, 2.75) is 32.4 Å². The van der Waals surface area contributed by atoms with Crippen LogP contribution in [0.5, 0.6) is 0 Å². The van der Waals surface area contributed by atoms with E-state index < -0.39 is 6.10 Å². The van der Waals surface area contributed by atoms with Gasteiger partial charge in [-0.2, -0.15) is 0 Å². The highest BCUT2D eigenvalue weighted by atomic mass is 16.3. The molecule has 0 bridgehead atoms. The number of carbonyl (C=O) groups excluding carboxylic acids is 1. The molecular formula is C19H23NO2. The lowest BCUT2D eigenvalue weighted by Crippen LogP contribution is -2.32. The van der Waals surface area contributed by atoms with Crippen LogP contribution in [0.4, 0.5) is 0 Å². The second-order valence-corrected chi connectivity index (χ2v) is 5.69. The van der Waals surface area contributed by atoms with Crippen molar-refractivity contribution < 1.29 is 9.90 Å². The van der Waals surface area contributed by atoms with Crippen LogP contribution in [0.25, 0.3) is 0 Å². The molecule has 2 aromatic carbocycles. The van der Waals surface area contributed by atoms with Crippen LogP contribution in [-0.2, 0) is 6.42 Å². The summed E-state index contributed by atoms with van der Waals surface area (Å²) in [5, 5.41) is 13.5. The Bertz CT molecular complexity index is 593. The third-order valence-electron chi connectivity index (χ3n) is 3.75. The highest BCUT2D eigenvalue weighted by molar-refractivity contribution is 5.93. The zero-order valence-electron chi connectivity index (χ0n) is 13.1. The third-order valence-corrected chi connectivity index (χ3v) is 3.75. The van der Waals surface area contributed by atoms with Crippen LogP contribution >= 0.6 is 0 Å². The van der Waals surface area contributed by atoms with Crippen LogP contribution < -0.4 is 5.32 Å². The van der Waals surface area contributed by atoms with Gasteiger partial charge in [0, 0.05) is 18.2 Å². The van der Waals surface area contributed by atoms with E-state index >= 15 is 0 Å². The van der Waals surface area contributed by atoms with E-state index in [-0.39, 0.29) is 11.8 Å². The van der Waals surface area contributed by atoms with Gasteiger partial charge in [-0.15, -0.1) is 0 Å². The lowest BCUT2D eigenvalue weighted by molar-refractivity contribution is 0.101. The first-order valence-electron chi connectivity index (χ1n) is 7.62. The molecule has 3 heteroatoms. The third kappa shape index (κ3) is 4.79. The first kappa shape index (κ1) is 16.4. The topological polar surface area (TPSA) is 49.3 Å². The standard InChI is InChI=1S/C19H23NO2/c1-14(12-16-8-10-17(11-9-16)15(2)21)20-13-19(22)18-6-4-3-5-7-18/h3-11,14,19-20,22H,12-13H2,1-2H3. The van der Waals surface area contributed by atoms with Crippen molar-refractivity contribution >= 4 is 5.78 Å². The van der Waals surface area contributed by atoms with E-state index in [0.29, 0.717) is 6.54 Å². The van der Waals surface area contributed by atoms with Crippen LogP contribution in [0.2, 0.25) is 0 Å². The van der Waals surface area contributed by atoms with Crippen molar-refractivity contribution in [1.29, 1.82) is 0 Å². The molecular weight excluding hydrogens is 274 g/mol. The molecule has 3 nitrogen and oxygen atoms in total. The minimum absolute atomic E-state index is 0.0868. The van der Waals surface area contributed by atoms with Crippen LogP contribution in [0.3, 0.4) is 0 Å². The Labute approximate surface area is 132 Å². The van der Waals surface area contributed by atoms with Crippen molar-refractivity contribution in [1.82, 2.24) is 5.32 Å². The summed E-state index contributed by atoms with van der Waals surface area (Å²) in [5.41, 5.74) is 2.84. The molecule has 0 saturated heterocycles. The van der Waals surface area contributed by atoms with E-state index in [0.717, 1.165) is 17.5 Å². The highest BCUT2D eigenvalue weighted by Crippen LogP contribution is 2.12. The summed E-state index contributed by atoms with van der Waals surface area (Å²) >= 11 is 0. The molecule has 0 heterocycles. The lowest BCUT2D eigenvalue weighted by atomic mass is 10.0. The van der Waals surface area contributed by atoms with Crippen molar-refractivity contribution in [3.63, 3.8) is 0 Å². The fourth-order valence-corrected chi connectivity index (χ4v) is 2.41. The minimum Gasteiger partial charge on any atom is -0.387 e. The highest BCUT2D eigenvalue weighted by Gasteiger charge is 2.09. The Morgan fingerprint density at radius 3 is 2.32 bits per heavy atom. The molecule has 116 valence electrons. The van der Waals surface area contributed by atoms with Crippen LogP contribution in [0.15, 0.2) is 54.6 Å². The maximum absolute atomic E-state index is 11.3. The van der Waals surface area contributed by atoms with Gasteiger partial charge in [0.2, 0.25) is 0 Å². The number of hydrogen-bond donors (Lipinski definition) is 2. The predicted octanol–water partition coefficient (Wildman–Crippen LogP) is 3.14.